The van der Waals surface area contributed by atoms with Crippen molar-refractivity contribution in [1.29, 1.82) is 0 Å². The fraction of sp³-hybridized carbons (Fsp3) is 0.167. The predicted molar refractivity (Wildman–Crippen MR) is 185 cm³/mol. The number of rotatable bonds is 7. The van der Waals surface area contributed by atoms with Crippen LogP contribution in [0.25, 0.3) is 11.1 Å². The molecule has 6 nitrogen and oxygen atoms in total. The number of ether oxygens (including phenoxy) is 2. The number of methoxy groups -OCH3 is 2. The summed E-state index contributed by atoms with van der Waals surface area (Å²) in [4.78, 5) is 47.5. The molecule has 2 amide bonds. The Morgan fingerprint density at radius 3 is 1.38 bits per heavy atom. The molecule has 1 aliphatic heterocycles. The molecular weight excluding hydrogens is 598 g/mol. The summed E-state index contributed by atoms with van der Waals surface area (Å²) >= 11 is 0. The molecule has 48 heavy (non-hydrogen) atoms. The average molecular weight is 632 g/mol. The van der Waals surface area contributed by atoms with E-state index in [2.05, 4.69) is 0 Å². The molecular formula is C42H33NO5. The summed E-state index contributed by atoms with van der Waals surface area (Å²) in [6.07, 6.45) is 0. The molecule has 2 fully saturated rings. The first-order valence-electron chi connectivity index (χ1n) is 16.0. The Morgan fingerprint density at radius 2 is 0.979 bits per heavy atom. The summed E-state index contributed by atoms with van der Waals surface area (Å²) in [5.74, 6) is -1.54. The lowest BCUT2D eigenvalue weighted by molar-refractivity contribution is -0.130. The van der Waals surface area contributed by atoms with E-state index in [1.807, 2.05) is 134 Å². The van der Waals surface area contributed by atoms with Crippen molar-refractivity contribution >= 4 is 34.4 Å². The highest BCUT2D eigenvalue weighted by Gasteiger charge is 2.82. The van der Waals surface area contributed by atoms with Gasteiger partial charge in [0, 0.05) is 0 Å². The molecule has 2 aliphatic carbocycles. The first-order valence-corrected chi connectivity index (χ1v) is 16.0. The predicted octanol–water partition coefficient (Wildman–Crippen LogP) is 7.20. The average Bonchev–Trinajstić information content (AvgIpc) is 3.64. The van der Waals surface area contributed by atoms with Gasteiger partial charge in [-0.3, -0.25) is 14.4 Å². The fourth-order valence-electron chi connectivity index (χ4n) is 8.66. The summed E-state index contributed by atoms with van der Waals surface area (Å²) in [6, 6.07) is 41.8. The smallest absolute Gasteiger partial charge is 0.239 e. The number of hydrogen-bond acceptors (Lipinski definition) is 5. The second-order valence-electron chi connectivity index (χ2n) is 12.7. The lowest BCUT2D eigenvalue weighted by atomic mass is 9.59. The van der Waals surface area contributed by atoms with Crippen LogP contribution in [0, 0.1) is 18.8 Å². The van der Waals surface area contributed by atoms with Gasteiger partial charge in [0.25, 0.3) is 0 Å². The molecule has 3 aliphatic rings. The molecule has 1 saturated heterocycles. The van der Waals surface area contributed by atoms with Crippen molar-refractivity contribution < 1.29 is 23.9 Å². The Kier molecular flexibility index (Phi) is 6.74. The number of allylic oxidation sites excluding steroid dienone is 2. The van der Waals surface area contributed by atoms with E-state index in [-0.39, 0.29) is 17.6 Å². The minimum absolute atomic E-state index is 0.162. The maximum Gasteiger partial charge on any atom is 0.239 e. The normalized spacial score (nSPS) is 24.3. The Hall–Kier alpha value is -5.75. The van der Waals surface area contributed by atoms with Crippen molar-refractivity contribution in [1.82, 2.24) is 0 Å². The third-order valence-electron chi connectivity index (χ3n) is 10.5. The second kappa shape index (κ2) is 10.9. The molecule has 2 bridgehead atoms. The number of carbonyl (C=O) groups excluding carboxylic acids is 3. The Bertz CT molecular complexity index is 1990. The number of anilines is 1. The Labute approximate surface area is 279 Å². The number of imide groups is 1. The van der Waals surface area contributed by atoms with E-state index in [0.717, 1.165) is 27.8 Å². The number of benzene rings is 5. The molecule has 1 saturated carbocycles. The third kappa shape index (κ3) is 3.77. The van der Waals surface area contributed by atoms with Gasteiger partial charge in [-0.05, 0) is 82.3 Å². The molecule has 6 heteroatoms. The molecule has 5 aromatic carbocycles. The zero-order chi connectivity index (χ0) is 33.2. The number of hydrogen-bond donors (Lipinski definition) is 0. The van der Waals surface area contributed by atoms with Crippen LogP contribution in [0.3, 0.4) is 0 Å². The number of carbonyl (C=O) groups is 3. The number of ketones is 1. The van der Waals surface area contributed by atoms with Gasteiger partial charge in [-0.1, -0.05) is 97.1 Å². The first-order chi connectivity index (χ1) is 23.4. The van der Waals surface area contributed by atoms with E-state index < -0.39 is 22.7 Å². The molecule has 0 unspecified atom stereocenters. The minimum atomic E-state index is -1.48. The van der Waals surface area contributed by atoms with Crippen molar-refractivity contribution in [3.63, 3.8) is 0 Å². The maximum atomic E-state index is 16.0. The zero-order valence-corrected chi connectivity index (χ0v) is 26.8. The molecule has 5 aromatic rings. The maximum absolute atomic E-state index is 16.0. The molecule has 0 aromatic heterocycles. The molecule has 236 valence electrons. The lowest BCUT2D eigenvalue weighted by Crippen LogP contribution is -2.45. The van der Waals surface area contributed by atoms with Gasteiger partial charge in [-0.2, -0.15) is 0 Å². The molecule has 0 N–H and O–H groups in total. The van der Waals surface area contributed by atoms with Gasteiger partial charge in [-0.15, -0.1) is 0 Å². The number of aryl methyl sites for hydroxylation is 1. The largest absolute Gasteiger partial charge is 0.497 e. The van der Waals surface area contributed by atoms with E-state index in [1.54, 1.807) is 20.3 Å². The standard InChI is InChI=1S/C42H33NO5/c1-26-11-10-16-31(25-26)43-38(44)36-37(39(43)45)42(30-14-8-5-9-15-30)35(28-19-23-33(48-3)24-20-28)34(27-17-21-32(47-2)22-18-27)41(36,40(42)46)29-12-6-4-7-13-29/h4-25,36-37H,1-3H3/t36-,37+,41+,42-. The second-order valence-corrected chi connectivity index (χ2v) is 12.7. The van der Waals surface area contributed by atoms with Gasteiger partial charge >= 0.3 is 0 Å². The van der Waals surface area contributed by atoms with Crippen molar-refractivity contribution in [2.75, 3.05) is 19.1 Å². The fourth-order valence-corrected chi connectivity index (χ4v) is 8.66. The van der Waals surface area contributed by atoms with Gasteiger partial charge in [-0.25, -0.2) is 4.90 Å². The van der Waals surface area contributed by atoms with E-state index in [4.69, 9.17) is 9.47 Å². The third-order valence-corrected chi connectivity index (χ3v) is 10.5. The van der Waals surface area contributed by atoms with Gasteiger partial charge < -0.3 is 9.47 Å². The van der Waals surface area contributed by atoms with Gasteiger partial charge in [0.15, 0.2) is 5.78 Å². The highest BCUT2D eigenvalue weighted by atomic mass is 16.5. The zero-order valence-electron chi connectivity index (χ0n) is 26.8. The Balaban J connectivity index is 1.55. The van der Waals surface area contributed by atoms with Crippen LogP contribution in [0.15, 0.2) is 133 Å². The monoisotopic (exact) mass is 631 g/mol. The van der Waals surface area contributed by atoms with Crippen LogP contribution < -0.4 is 14.4 Å². The summed E-state index contributed by atoms with van der Waals surface area (Å²) in [5.41, 5.74) is 2.87. The number of amides is 2. The number of fused-ring (bicyclic) bond motifs is 5. The van der Waals surface area contributed by atoms with Gasteiger partial charge in [0.1, 0.15) is 11.5 Å². The molecule has 4 atom stereocenters. The number of nitrogens with zero attached hydrogens (tertiary/aromatic N) is 1. The molecule has 0 radical (unpaired) electrons. The number of Topliss-reactive ketones (excluding diaryl/α,β-unsaturated/α-hetero) is 1. The van der Waals surface area contributed by atoms with Gasteiger partial charge in [0.05, 0.1) is 42.6 Å². The first kappa shape index (κ1) is 29.6. The van der Waals surface area contributed by atoms with Crippen molar-refractivity contribution in [3.8, 4) is 11.5 Å². The van der Waals surface area contributed by atoms with Crippen LogP contribution in [0.1, 0.15) is 27.8 Å². The van der Waals surface area contributed by atoms with E-state index in [9.17, 15) is 0 Å². The van der Waals surface area contributed by atoms with Gasteiger partial charge in [0.2, 0.25) is 11.8 Å². The van der Waals surface area contributed by atoms with Crippen molar-refractivity contribution in [2.24, 2.45) is 11.8 Å². The van der Waals surface area contributed by atoms with E-state index >= 15 is 14.4 Å². The summed E-state index contributed by atoms with van der Waals surface area (Å²) in [6.45, 7) is 1.94. The van der Waals surface area contributed by atoms with Crippen LogP contribution in [0.2, 0.25) is 0 Å². The van der Waals surface area contributed by atoms with Crippen LogP contribution in [-0.4, -0.2) is 31.8 Å². The molecule has 8 rings (SSSR count). The van der Waals surface area contributed by atoms with Crippen LogP contribution >= 0.6 is 0 Å². The highest BCUT2D eigenvalue weighted by molar-refractivity contribution is 6.39. The minimum Gasteiger partial charge on any atom is -0.497 e. The molecule has 1 heterocycles. The van der Waals surface area contributed by atoms with Crippen LogP contribution in [0.5, 0.6) is 11.5 Å². The van der Waals surface area contributed by atoms with Crippen molar-refractivity contribution in [2.45, 2.75) is 17.8 Å². The van der Waals surface area contributed by atoms with E-state index in [1.165, 1.54) is 4.90 Å². The van der Waals surface area contributed by atoms with Crippen LogP contribution in [-0.2, 0) is 25.2 Å². The summed E-state index contributed by atoms with van der Waals surface area (Å²) < 4.78 is 11.0. The van der Waals surface area contributed by atoms with Crippen LogP contribution in [0.4, 0.5) is 5.69 Å². The van der Waals surface area contributed by atoms with E-state index in [0.29, 0.717) is 28.3 Å². The summed E-state index contributed by atoms with van der Waals surface area (Å²) in [7, 11) is 3.22. The lowest BCUT2D eigenvalue weighted by Gasteiger charge is -2.39. The quantitative estimate of drug-likeness (QED) is 0.178. The summed E-state index contributed by atoms with van der Waals surface area (Å²) in [5, 5.41) is 0. The highest BCUT2D eigenvalue weighted by Crippen LogP contribution is 2.74. The Morgan fingerprint density at radius 1 is 0.542 bits per heavy atom. The topological polar surface area (TPSA) is 72.9 Å². The van der Waals surface area contributed by atoms with Crippen molar-refractivity contribution in [3.05, 3.63) is 161 Å². The molecule has 0 spiro atoms. The SMILES string of the molecule is COc1ccc(C2=C(c3ccc(OC)cc3)[C@]3(c4ccccc4)C(=O)[C@@]2(c2ccccc2)[C@@H]2C(=O)N(c4cccc(C)c4)C(=O)[C@@H]23)cc1.